The lowest BCUT2D eigenvalue weighted by atomic mass is 10.0. The van der Waals surface area contributed by atoms with Gasteiger partial charge in [-0.05, 0) is 48.0 Å². The van der Waals surface area contributed by atoms with E-state index in [4.69, 9.17) is 25.8 Å². The molecule has 5 nitrogen and oxygen atoms in total. The molecule has 2 heterocycles. The van der Waals surface area contributed by atoms with Crippen molar-refractivity contribution in [3.63, 3.8) is 0 Å². The SMILES string of the molecule is COc1ccc(Cl)cc1-c1cc2c(c(OC)c1)OCCN(Cc1ccccn1)C2. The summed E-state index contributed by atoms with van der Waals surface area (Å²) < 4.78 is 17.3. The lowest BCUT2D eigenvalue weighted by Gasteiger charge is -2.19. The number of nitrogens with zero attached hydrogens (tertiary/aromatic N) is 2. The highest BCUT2D eigenvalue weighted by molar-refractivity contribution is 6.31. The number of hydrogen-bond donors (Lipinski definition) is 0. The fourth-order valence-corrected chi connectivity index (χ4v) is 3.78. The number of hydrogen-bond acceptors (Lipinski definition) is 5. The van der Waals surface area contributed by atoms with Crippen LogP contribution in [0.1, 0.15) is 11.3 Å². The molecule has 150 valence electrons. The first-order chi connectivity index (χ1) is 14.2. The lowest BCUT2D eigenvalue weighted by molar-refractivity contribution is 0.215. The maximum Gasteiger partial charge on any atom is 0.165 e. The minimum Gasteiger partial charge on any atom is -0.496 e. The minimum absolute atomic E-state index is 0.593. The predicted octanol–water partition coefficient (Wildman–Crippen LogP) is 4.81. The zero-order valence-corrected chi connectivity index (χ0v) is 17.3. The van der Waals surface area contributed by atoms with E-state index in [1.807, 2.05) is 48.7 Å². The van der Waals surface area contributed by atoms with Crippen molar-refractivity contribution in [1.29, 1.82) is 0 Å². The molecule has 0 aliphatic carbocycles. The number of aromatic nitrogens is 1. The van der Waals surface area contributed by atoms with Gasteiger partial charge in [-0.2, -0.15) is 0 Å². The Hall–Kier alpha value is -2.76. The van der Waals surface area contributed by atoms with Crippen molar-refractivity contribution in [2.45, 2.75) is 13.1 Å². The average Bonchev–Trinajstić information content (AvgIpc) is 2.95. The average molecular weight is 411 g/mol. The van der Waals surface area contributed by atoms with Gasteiger partial charge in [-0.3, -0.25) is 9.88 Å². The molecule has 1 aromatic heterocycles. The van der Waals surface area contributed by atoms with Crippen molar-refractivity contribution in [2.75, 3.05) is 27.4 Å². The molecule has 0 unspecified atom stereocenters. The van der Waals surface area contributed by atoms with E-state index >= 15 is 0 Å². The maximum absolute atomic E-state index is 6.25. The first-order valence-corrected chi connectivity index (χ1v) is 9.85. The second-order valence-corrected chi connectivity index (χ2v) is 7.33. The van der Waals surface area contributed by atoms with Gasteiger partial charge in [0.05, 0.1) is 19.9 Å². The Morgan fingerprint density at radius 1 is 1.07 bits per heavy atom. The van der Waals surface area contributed by atoms with Gasteiger partial charge in [0, 0.05) is 42.0 Å². The molecule has 29 heavy (non-hydrogen) atoms. The number of methoxy groups -OCH3 is 2. The van der Waals surface area contributed by atoms with E-state index in [2.05, 4.69) is 16.0 Å². The van der Waals surface area contributed by atoms with E-state index in [0.29, 0.717) is 17.4 Å². The summed E-state index contributed by atoms with van der Waals surface area (Å²) in [6, 6.07) is 15.7. The largest absolute Gasteiger partial charge is 0.496 e. The lowest BCUT2D eigenvalue weighted by Crippen LogP contribution is -2.25. The summed E-state index contributed by atoms with van der Waals surface area (Å²) in [5, 5.41) is 0.655. The highest BCUT2D eigenvalue weighted by Gasteiger charge is 2.22. The molecule has 1 aliphatic rings. The van der Waals surface area contributed by atoms with E-state index in [1.54, 1.807) is 14.2 Å². The standard InChI is InChI=1S/C23H23ClN2O3/c1-27-21-7-6-18(24)13-20(21)16-11-17-14-26(15-19-5-3-4-8-25-19)9-10-29-23(17)22(12-16)28-2/h3-8,11-13H,9-10,14-15H2,1-2H3. The molecule has 2 aromatic carbocycles. The summed E-state index contributed by atoms with van der Waals surface area (Å²) in [6.45, 7) is 2.90. The molecule has 0 saturated heterocycles. The molecular weight excluding hydrogens is 388 g/mol. The van der Waals surface area contributed by atoms with E-state index in [1.165, 1.54) is 0 Å². The molecule has 3 aromatic rings. The summed E-state index contributed by atoms with van der Waals surface area (Å²) in [4.78, 5) is 6.78. The van der Waals surface area contributed by atoms with Gasteiger partial charge in [0.25, 0.3) is 0 Å². The number of ether oxygens (including phenoxy) is 3. The fraction of sp³-hybridized carbons (Fsp3) is 0.261. The van der Waals surface area contributed by atoms with Crippen molar-refractivity contribution >= 4 is 11.6 Å². The molecule has 4 rings (SSSR count). The number of benzene rings is 2. The third kappa shape index (κ3) is 4.31. The van der Waals surface area contributed by atoms with Gasteiger partial charge in [-0.25, -0.2) is 0 Å². The highest BCUT2D eigenvalue weighted by atomic mass is 35.5. The molecule has 0 saturated carbocycles. The van der Waals surface area contributed by atoms with E-state index in [-0.39, 0.29) is 0 Å². The van der Waals surface area contributed by atoms with Crippen molar-refractivity contribution in [3.05, 3.63) is 71.0 Å². The smallest absolute Gasteiger partial charge is 0.165 e. The van der Waals surface area contributed by atoms with Crippen LogP contribution in [0.5, 0.6) is 17.2 Å². The molecule has 0 fully saturated rings. The molecule has 1 aliphatic heterocycles. The molecule has 0 bridgehead atoms. The molecule has 0 amide bonds. The van der Waals surface area contributed by atoms with Crippen molar-refractivity contribution in [1.82, 2.24) is 9.88 Å². The molecule has 0 spiro atoms. The quantitative estimate of drug-likeness (QED) is 0.603. The highest BCUT2D eigenvalue weighted by Crippen LogP contribution is 2.41. The third-order valence-corrected chi connectivity index (χ3v) is 5.22. The summed E-state index contributed by atoms with van der Waals surface area (Å²) >= 11 is 6.25. The Bertz CT molecular complexity index is 995. The zero-order chi connectivity index (χ0) is 20.2. The number of rotatable bonds is 5. The monoisotopic (exact) mass is 410 g/mol. The van der Waals surface area contributed by atoms with Crippen LogP contribution in [0.15, 0.2) is 54.7 Å². The molecule has 6 heteroatoms. The van der Waals surface area contributed by atoms with Crippen LogP contribution >= 0.6 is 11.6 Å². The van der Waals surface area contributed by atoms with Crippen LogP contribution in [0.25, 0.3) is 11.1 Å². The Kier molecular flexibility index (Phi) is 5.88. The first-order valence-electron chi connectivity index (χ1n) is 9.48. The molecule has 0 atom stereocenters. The van der Waals surface area contributed by atoms with Crippen LogP contribution in [0.4, 0.5) is 0 Å². The normalized spacial score (nSPS) is 13.9. The Balaban J connectivity index is 1.72. The van der Waals surface area contributed by atoms with E-state index in [0.717, 1.165) is 53.5 Å². The van der Waals surface area contributed by atoms with Crippen molar-refractivity contribution in [3.8, 4) is 28.4 Å². The van der Waals surface area contributed by atoms with E-state index in [9.17, 15) is 0 Å². The van der Waals surface area contributed by atoms with Crippen LogP contribution < -0.4 is 14.2 Å². The van der Waals surface area contributed by atoms with Crippen LogP contribution in [-0.2, 0) is 13.1 Å². The topological polar surface area (TPSA) is 43.8 Å². The number of halogens is 1. The van der Waals surface area contributed by atoms with Crippen LogP contribution in [0, 0.1) is 0 Å². The van der Waals surface area contributed by atoms with Crippen LogP contribution in [-0.4, -0.2) is 37.3 Å². The predicted molar refractivity (Wildman–Crippen MR) is 114 cm³/mol. The third-order valence-electron chi connectivity index (χ3n) is 4.98. The van der Waals surface area contributed by atoms with Crippen LogP contribution in [0.2, 0.25) is 5.02 Å². The van der Waals surface area contributed by atoms with Gasteiger partial charge in [0.15, 0.2) is 11.5 Å². The van der Waals surface area contributed by atoms with Crippen molar-refractivity contribution < 1.29 is 14.2 Å². The van der Waals surface area contributed by atoms with Gasteiger partial charge in [0.2, 0.25) is 0 Å². The second kappa shape index (κ2) is 8.72. The summed E-state index contributed by atoms with van der Waals surface area (Å²) in [6.07, 6.45) is 1.82. The van der Waals surface area contributed by atoms with Crippen LogP contribution in [0.3, 0.4) is 0 Å². The Labute approximate surface area is 175 Å². The van der Waals surface area contributed by atoms with E-state index < -0.39 is 0 Å². The summed E-state index contributed by atoms with van der Waals surface area (Å²) in [5.74, 6) is 2.26. The zero-order valence-electron chi connectivity index (χ0n) is 16.5. The molecule has 0 N–H and O–H groups in total. The van der Waals surface area contributed by atoms with Gasteiger partial charge in [-0.15, -0.1) is 0 Å². The van der Waals surface area contributed by atoms with Gasteiger partial charge in [-0.1, -0.05) is 17.7 Å². The maximum atomic E-state index is 6.25. The summed E-state index contributed by atoms with van der Waals surface area (Å²) in [5.41, 5.74) is 4.00. The Morgan fingerprint density at radius 2 is 1.93 bits per heavy atom. The van der Waals surface area contributed by atoms with Crippen molar-refractivity contribution in [2.24, 2.45) is 0 Å². The summed E-state index contributed by atoms with van der Waals surface area (Å²) in [7, 11) is 3.32. The number of pyridine rings is 1. The molecular formula is C23H23ClN2O3. The fourth-order valence-electron chi connectivity index (χ4n) is 3.61. The van der Waals surface area contributed by atoms with Gasteiger partial charge >= 0.3 is 0 Å². The number of fused-ring (bicyclic) bond motifs is 1. The Morgan fingerprint density at radius 3 is 2.69 bits per heavy atom. The molecule has 0 radical (unpaired) electrons. The van der Waals surface area contributed by atoms with Gasteiger partial charge in [0.1, 0.15) is 12.4 Å². The minimum atomic E-state index is 0.593. The first kappa shape index (κ1) is 19.6. The second-order valence-electron chi connectivity index (χ2n) is 6.89. The van der Waals surface area contributed by atoms with Gasteiger partial charge < -0.3 is 14.2 Å².